The van der Waals surface area contributed by atoms with Crippen molar-refractivity contribution in [1.82, 2.24) is 9.97 Å². The zero-order valence-electron chi connectivity index (χ0n) is 14.9. The van der Waals surface area contributed by atoms with Crippen LogP contribution in [0.1, 0.15) is 41.7 Å². The highest BCUT2D eigenvalue weighted by Gasteiger charge is 2.36. The Labute approximate surface area is 165 Å². The average Bonchev–Trinajstić information content (AvgIpc) is 2.64. The number of pyridine rings is 2. The first kappa shape index (κ1) is 19.7. The highest BCUT2D eigenvalue weighted by Crippen LogP contribution is 2.41. The Bertz CT molecular complexity index is 823. The third kappa shape index (κ3) is 4.27. The molecule has 0 saturated heterocycles. The molecule has 4 atom stereocenters. The molecule has 27 heavy (non-hydrogen) atoms. The molecule has 4 N–H and O–H groups in total. The number of alkyl halides is 1. The standard InChI is InChI=1S/C19H22BrFN4O2/c1-10-6-11(7-16(26)13(10)8-21)12-4-5-23-9-15(12)24-19(27)18-14(22)2-3-17(20)25-18/h2-5,9-11,13,16,26H,6-8,22H2,1H3,(H,24,27). The van der Waals surface area contributed by atoms with E-state index in [1.807, 2.05) is 13.0 Å². The van der Waals surface area contributed by atoms with Crippen molar-refractivity contribution >= 4 is 33.2 Å². The van der Waals surface area contributed by atoms with Gasteiger partial charge in [0.2, 0.25) is 0 Å². The number of amides is 1. The van der Waals surface area contributed by atoms with E-state index in [4.69, 9.17) is 5.73 Å². The van der Waals surface area contributed by atoms with Crippen molar-refractivity contribution in [2.75, 3.05) is 17.7 Å². The second kappa shape index (κ2) is 8.31. The summed E-state index contributed by atoms with van der Waals surface area (Å²) < 4.78 is 13.7. The SMILES string of the molecule is CC1CC(c2ccncc2NC(=O)c2nc(Br)ccc2N)CC(O)C1CF. The summed E-state index contributed by atoms with van der Waals surface area (Å²) in [5.41, 5.74) is 7.67. The lowest BCUT2D eigenvalue weighted by Gasteiger charge is -2.37. The Hall–Kier alpha value is -2.06. The molecule has 3 rings (SSSR count). The number of nitrogens with zero attached hydrogens (tertiary/aromatic N) is 2. The molecule has 6 nitrogen and oxygen atoms in total. The van der Waals surface area contributed by atoms with Crippen LogP contribution < -0.4 is 11.1 Å². The van der Waals surface area contributed by atoms with Crippen LogP contribution in [0.2, 0.25) is 0 Å². The second-order valence-electron chi connectivity index (χ2n) is 7.02. The number of aromatic nitrogens is 2. The van der Waals surface area contributed by atoms with Crippen molar-refractivity contribution in [3.63, 3.8) is 0 Å². The first-order chi connectivity index (χ1) is 12.9. The van der Waals surface area contributed by atoms with Crippen LogP contribution in [-0.4, -0.2) is 33.8 Å². The largest absolute Gasteiger partial charge is 0.397 e. The lowest BCUT2D eigenvalue weighted by Crippen LogP contribution is -2.36. The second-order valence-corrected chi connectivity index (χ2v) is 7.83. The molecule has 1 amide bonds. The molecule has 2 heterocycles. The number of nitrogen functional groups attached to an aromatic ring is 1. The molecule has 1 aliphatic carbocycles. The Morgan fingerprint density at radius 2 is 2.19 bits per heavy atom. The molecular weight excluding hydrogens is 415 g/mol. The molecule has 0 bridgehead atoms. The normalized spacial score (nSPS) is 25.2. The van der Waals surface area contributed by atoms with Crippen molar-refractivity contribution in [2.45, 2.75) is 31.8 Å². The van der Waals surface area contributed by atoms with Crippen LogP contribution in [0, 0.1) is 11.8 Å². The summed E-state index contributed by atoms with van der Waals surface area (Å²) in [6.07, 6.45) is 3.69. The Kier molecular flexibility index (Phi) is 6.06. The van der Waals surface area contributed by atoms with Gasteiger partial charge in [0.15, 0.2) is 5.69 Å². The van der Waals surface area contributed by atoms with Gasteiger partial charge in [-0.3, -0.25) is 14.2 Å². The van der Waals surface area contributed by atoms with Gasteiger partial charge in [-0.05, 0) is 64.4 Å². The third-order valence-corrected chi connectivity index (χ3v) is 5.68. The van der Waals surface area contributed by atoms with Gasteiger partial charge in [0.25, 0.3) is 5.91 Å². The van der Waals surface area contributed by atoms with Gasteiger partial charge in [0.05, 0.1) is 30.4 Å². The van der Waals surface area contributed by atoms with Crippen LogP contribution >= 0.6 is 15.9 Å². The summed E-state index contributed by atoms with van der Waals surface area (Å²) >= 11 is 3.24. The zero-order valence-corrected chi connectivity index (χ0v) is 16.5. The predicted octanol–water partition coefficient (Wildman–Crippen LogP) is 3.53. The number of carbonyl (C=O) groups excluding carboxylic acids is 1. The lowest BCUT2D eigenvalue weighted by atomic mass is 9.71. The maximum absolute atomic E-state index is 13.2. The predicted molar refractivity (Wildman–Crippen MR) is 105 cm³/mol. The topological polar surface area (TPSA) is 101 Å². The van der Waals surface area contributed by atoms with Gasteiger partial charge in [0, 0.05) is 12.1 Å². The van der Waals surface area contributed by atoms with E-state index in [1.165, 1.54) is 0 Å². The van der Waals surface area contributed by atoms with Crippen LogP contribution in [0.4, 0.5) is 15.8 Å². The molecule has 2 aromatic heterocycles. The summed E-state index contributed by atoms with van der Waals surface area (Å²) in [5, 5.41) is 13.1. The molecule has 1 saturated carbocycles. The van der Waals surface area contributed by atoms with Crippen molar-refractivity contribution < 1.29 is 14.3 Å². The molecule has 0 aromatic carbocycles. The van der Waals surface area contributed by atoms with Crippen LogP contribution in [0.5, 0.6) is 0 Å². The van der Waals surface area contributed by atoms with Gasteiger partial charge in [0.1, 0.15) is 4.60 Å². The lowest BCUT2D eigenvalue weighted by molar-refractivity contribution is 0.0158. The number of hydrogen-bond donors (Lipinski definition) is 3. The molecule has 4 unspecified atom stereocenters. The Morgan fingerprint density at radius 3 is 2.89 bits per heavy atom. The van der Waals surface area contributed by atoms with Crippen molar-refractivity contribution in [3.8, 4) is 0 Å². The number of halogens is 2. The average molecular weight is 437 g/mol. The minimum atomic E-state index is -0.706. The van der Waals surface area contributed by atoms with Crippen molar-refractivity contribution in [1.29, 1.82) is 0 Å². The fraction of sp³-hybridized carbons (Fsp3) is 0.421. The smallest absolute Gasteiger partial charge is 0.276 e. The molecule has 0 radical (unpaired) electrons. The first-order valence-corrected chi connectivity index (χ1v) is 9.61. The van der Waals surface area contributed by atoms with Gasteiger partial charge < -0.3 is 16.2 Å². The van der Waals surface area contributed by atoms with Gasteiger partial charge in [-0.15, -0.1) is 0 Å². The molecule has 0 aliphatic heterocycles. The molecule has 2 aromatic rings. The van der Waals surface area contributed by atoms with E-state index in [-0.39, 0.29) is 29.1 Å². The fourth-order valence-electron chi connectivity index (χ4n) is 3.75. The highest BCUT2D eigenvalue weighted by molar-refractivity contribution is 9.10. The van der Waals surface area contributed by atoms with Crippen molar-refractivity contribution in [2.24, 2.45) is 11.8 Å². The number of carbonyl (C=O) groups is 1. The van der Waals surface area contributed by atoms with Gasteiger partial charge >= 0.3 is 0 Å². The fourth-order valence-corrected chi connectivity index (χ4v) is 4.06. The maximum atomic E-state index is 13.2. The van der Waals surface area contributed by atoms with Crippen LogP contribution in [-0.2, 0) is 0 Å². The molecule has 8 heteroatoms. The van der Waals surface area contributed by atoms with Crippen LogP contribution in [0.25, 0.3) is 0 Å². The Balaban J connectivity index is 1.84. The molecule has 144 valence electrons. The molecule has 1 fully saturated rings. The summed E-state index contributed by atoms with van der Waals surface area (Å²) in [6.45, 7) is 1.42. The highest BCUT2D eigenvalue weighted by atomic mass is 79.9. The van der Waals surface area contributed by atoms with Gasteiger partial charge in [-0.25, -0.2) is 4.98 Å². The van der Waals surface area contributed by atoms with E-state index in [0.717, 1.165) is 12.0 Å². The summed E-state index contributed by atoms with van der Waals surface area (Å²) in [4.78, 5) is 20.9. The van der Waals surface area contributed by atoms with Crippen LogP contribution in [0.15, 0.2) is 35.2 Å². The van der Waals surface area contributed by atoms with Crippen LogP contribution in [0.3, 0.4) is 0 Å². The number of rotatable bonds is 4. The zero-order chi connectivity index (χ0) is 19.6. The third-order valence-electron chi connectivity index (χ3n) is 5.24. The monoisotopic (exact) mass is 436 g/mol. The van der Waals surface area contributed by atoms with E-state index in [1.54, 1.807) is 24.5 Å². The quantitative estimate of drug-likeness (QED) is 0.636. The summed E-state index contributed by atoms with van der Waals surface area (Å²) in [7, 11) is 0. The van der Waals surface area contributed by atoms with Crippen molar-refractivity contribution in [3.05, 3.63) is 46.5 Å². The van der Waals surface area contributed by atoms with Gasteiger partial charge in [-0.1, -0.05) is 6.92 Å². The van der Waals surface area contributed by atoms with E-state index in [2.05, 4.69) is 31.2 Å². The maximum Gasteiger partial charge on any atom is 0.276 e. The first-order valence-electron chi connectivity index (χ1n) is 8.82. The van der Waals surface area contributed by atoms with E-state index < -0.39 is 18.7 Å². The summed E-state index contributed by atoms with van der Waals surface area (Å²) in [5.74, 6) is -0.729. The Morgan fingerprint density at radius 1 is 1.41 bits per heavy atom. The molecule has 1 aliphatic rings. The number of aliphatic hydroxyl groups excluding tert-OH is 1. The number of nitrogens with one attached hydrogen (secondary N) is 1. The molecular formula is C19H22BrFN4O2. The molecule has 0 spiro atoms. The number of anilines is 2. The minimum absolute atomic E-state index is 0.00363. The van der Waals surface area contributed by atoms with Gasteiger partial charge in [-0.2, -0.15) is 0 Å². The van der Waals surface area contributed by atoms with E-state index in [9.17, 15) is 14.3 Å². The minimum Gasteiger partial charge on any atom is -0.397 e. The number of aliphatic hydroxyl groups is 1. The number of nitrogens with two attached hydrogens (primary N) is 1. The van der Waals surface area contributed by atoms with E-state index >= 15 is 0 Å². The van der Waals surface area contributed by atoms with E-state index in [0.29, 0.717) is 16.7 Å². The number of hydrogen-bond acceptors (Lipinski definition) is 5. The summed E-state index contributed by atoms with van der Waals surface area (Å²) in [6, 6.07) is 5.09.